The zero-order valence-electron chi connectivity index (χ0n) is 12.1. The summed E-state index contributed by atoms with van der Waals surface area (Å²) < 4.78 is 79.4. The Balaban J connectivity index is 2.50. The number of nitrogens with one attached hydrogen (secondary N) is 1. The Bertz CT molecular complexity index is 828. The van der Waals surface area contributed by atoms with E-state index >= 15 is 0 Å². The van der Waals surface area contributed by atoms with Gasteiger partial charge in [0.25, 0.3) is 10.0 Å². The highest BCUT2D eigenvalue weighted by Gasteiger charge is 2.24. The fourth-order valence-electron chi connectivity index (χ4n) is 1.78. The average Bonchev–Trinajstić information content (AvgIpc) is 2.50. The smallest absolute Gasteiger partial charge is 0.262 e. The largest absolute Gasteiger partial charge is 0.378 e. The second-order valence-electron chi connectivity index (χ2n) is 4.84. The zero-order chi connectivity index (χ0) is 17.4. The van der Waals surface area contributed by atoms with Gasteiger partial charge in [-0.15, -0.1) is 0 Å². The van der Waals surface area contributed by atoms with E-state index in [1.165, 1.54) is 18.2 Å². The van der Waals surface area contributed by atoms with Gasteiger partial charge in [0.2, 0.25) is 0 Å². The highest BCUT2D eigenvalue weighted by molar-refractivity contribution is 7.92. The molecule has 2 aromatic carbocycles. The molecule has 2 aromatic rings. The van der Waals surface area contributed by atoms with Crippen LogP contribution >= 0.6 is 0 Å². The Morgan fingerprint density at radius 2 is 1.52 bits per heavy atom. The molecule has 4 nitrogen and oxygen atoms in total. The maximum Gasteiger partial charge on any atom is 0.262 e. The molecule has 0 unspecified atom stereocenters. The summed E-state index contributed by atoms with van der Waals surface area (Å²) in [5.41, 5.74) is -0.892. The Kier molecular flexibility index (Phi) is 4.51. The normalized spacial score (nSPS) is 11.4. The zero-order valence-corrected chi connectivity index (χ0v) is 12.9. The van der Waals surface area contributed by atoms with Crippen molar-refractivity contribution in [3.8, 4) is 0 Å². The molecule has 1 N–H and O–H groups in total. The first-order valence-electron chi connectivity index (χ1n) is 6.26. The fourth-order valence-corrected chi connectivity index (χ4v) is 2.88. The van der Waals surface area contributed by atoms with Gasteiger partial charge in [0.15, 0.2) is 23.3 Å². The summed E-state index contributed by atoms with van der Waals surface area (Å²) in [5, 5.41) is 0. The lowest BCUT2D eigenvalue weighted by Gasteiger charge is -2.15. The van der Waals surface area contributed by atoms with Gasteiger partial charge in [-0.25, -0.2) is 26.0 Å². The molecule has 0 bridgehead atoms. The van der Waals surface area contributed by atoms with Crippen LogP contribution in [0, 0.1) is 23.3 Å². The summed E-state index contributed by atoms with van der Waals surface area (Å²) in [6, 6.07) is 5.45. The van der Waals surface area contributed by atoms with Gasteiger partial charge >= 0.3 is 0 Å². The molecule has 0 atom stereocenters. The molecule has 124 valence electrons. The minimum Gasteiger partial charge on any atom is -0.378 e. The van der Waals surface area contributed by atoms with Crippen molar-refractivity contribution in [3.63, 3.8) is 0 Å². The number of nitrogens with zero attached hydrogens (tertiary/aromatic N) is 1. The lowest BCUT2D eigenvalue weighted by Crippen LogP contribution is -2.17. The molecule has 0 aliphatic heterocycles. The Morgan fingerprint density at radius 1 is 0.957 bits per heavy atom. The SMILES string of the molecule is CN(C)c1cccc(S(=O)(=O)Nc2c(F)c(F)cc(F)c2F)c1. The van der Waals surface area contributed by atoms with Crippen LogP contribution in [0.1, 0.15) is 0 Å². The standard InChI is InChI=1S/C14H12F4N2O2S/c1-20(2)8-4-3-5-9(6-8)23(21,22)19-14-12(17)10(15)7-11(16)13(14)18/h3-7,19H,1-2H3. The molecule has 0 aliphatic rings. The van der Waals surface area contributed by atoms with Crippen LogP contribution in [0.4, 0.5) is 28.9 Å². The number of rotatable bonds is 4. The molecule has 0 amide bonds. The highest BCUT2D eigenvalue weighted by atomic mass is 32.2. The van der Waals surface area contributed by atoms with E-state index in [1.54, 1.807) is 29.8 Å². The Morgan fingerprint density at radius 3 is 2.04 bits per heavy atom. The van der Waals surface area contributed by atoms with Crippen LogP contribution < -0.4 is 9.62 Å². The van der Waals surface area contributed by atoms with E-state index in [0.717, 1.165) is 0 Å². The van der Waals surface area contributed by atoms with Crippen LogP contribution in [0.15, 0.2) is 35.2 Å². The number of halogens is 4. The average molecular weight is 348 g/mol. The van der Waals surface area contributed by atoms with Crippen molar-refractivity contribution in [3.05, 3.63) is 53.6 Å². The number of hydrogen-bond acceptors (Lipinski definition) is 3. The first kappa shape index (κ1) is 17.1. The third kappa shape index (κ3) is 3.39. The van der Waals surface area contributed by atoms with Crippen LogP contribution in [0.5, 0.6) is 0 Å². The maximum absolute atomic E-state index is 13.6. The van der Waals surface area contributed by atoms with Gasteiger partial charge in [0.05, 0.1) is 4.90 Å². The molecular weight excluding hydrogens is 336 g/mol. The van der Waals surface area contributed by atoms with Crippen molar-refractivity contribution in [2.24, 2.45) is 0 Å². The minimum absolute atomic E-state index is 0.00483. The number of anilines is 2. The summed E-state index contributed by atoms with van der Waals surface area (Å²) in [6.07, 6.45) is 0. The molecule has 0 aliphatic carbocycles. The molecule has 2 rings (SSSR count). The molecule has 0 saturated heterocycles. The van der Waals surface area contributed by atoms with Gasteiger partial charge in [0, 0.05) is 25.8 Å². The van der Waals surface area contributed by atoms with Gasteiger partial charge in [0.1, 0.15) is 5.69 Å². The minimum atomic E-state index is -4.44. The van der Waals surface area contributed by atoms with Gasteiger partial charge in [-0.1, -0.05) is 6.07 Å². The van der Waals surface area contributed by atoms with Gasteiger partial charge in [-0.2, -0.15) is 0 Å². The highest BCUT2D eigenvalue weighted by Crippen LogP contribution is 2.27. The fraction of sp³-hybridized carbons (Fsp3) is 0.143. The van der Waals surface area contributed by atoms with Crippen molar-refractivity contribution in [1.82, 2.24) is 0 Å². The second-order valence-corrected chi connectivity index (χ2v) is 6.52. The van der Waals surface area contributed by atoms with Gasteiger partial charge < -0.3 is 4.90 Å². The lowest BCUT2D eigenvalue weighted by molar-refractivity contribution is 0.459. The van der Waals surface area contributed by atoms with Crippen LogP contribution in [-0.2, 0) is 10.0 Å². The first-order chi connectivity index (χ1) is 10.6. The second kappa shape index (κ2) is 6.07. The van der Waals surface area contributed by atoms with E-state index in [9.17, 15) is 26.0 Å². The van der Waals surface area contributed by atoms with Crippen molar-refractivity contribution in [1.29, 1.82) is 0 Å². The van der Waals surface area contributed by atoms with Crippen LogP contribution in [0.3, 0.4) is 0 Å². The Labute approximate surface area is 130 Å². The topological polar surface area (TPSA) is 49.4 Å². The number of sulfonamides is 1. The van der Waals surface area contributed by atoms with E-state index < -0.39 is 39.0 Å². The predicted molar refractivity (Wildman–Crippen MR) is 77.9 cm³/mol. The van der Waals surface area contributed by atoms with Crippen molar-refractivity contribution < 1.29 is 26.0 Å². The molecule has 0 radical (unpaired) electrons. The van der Waals surface area contributed by atoms with E-state index in [1.807, 2.05) is 0 Å². The van der Waals surface area contributed by atoms with E-state index in [-0.39, 0.29) is 11.0 Å². The van der Waals surface area contributed by atoms with Crippen LogP contribution in [-0.4, -0.2) is 22.5 Å². The quantitative estimate of drug-likeness (QED) is 0.682. The monoisotopic (exact) mass is 348 g/mol. The summed E-state index contributed by atoms with van der Waals surface area (Å²) in [7, 11) is -1.10. The predicted octanol–water partition coefficient (Wildman–Crippen LogP) is 3.11. The molecule has 23 heavy (non-hydrogen) atoms. The molecule has 0 fully saturated rings. The van der Waals surface area contributed by atoms with Gasteiger partial charge in [-0.05, 0) is 18.2 Å². The van der Waals surface area contributed by atoms with Crippen molar-refractivity contribution in [2.75, 3.05) is 23.7 Å². The van der Waals surface area contributed by atoms with Crippen LogP contribution in [0.2, 0.25) is 0 Å². The third-order valence-electron chi connectivity index (χ3n) is 2.99. The van der Waals surface area contributed by atoms with Gasteiger partial charge in [-0.3, -0.25) is 4.72 Å². The van der Waals surface area contributed by atoms with Crippen molar-refractivity contribution in [2.45, 2.75) is 4.90 Å². The summed E-state index contributed by atoms with van der Waals surface area (Å²) in [5.74, 6) is -7.06. The van der Waals surface area contributed by atoms with E-state index in [4.69, 9.17) is 0 Å². The summed E-state index contributed by atoms with van der Waals surface area (Å²) >= 11 is 0. The van der Waals surface area contributed by atoms with Crippen LogP contribution in [0.25, 0.3) is 0 Å². The molecule has 0 saturated carbocycles. The first-order valence-corrected chi connectivity index (χ1v) is 7.75. The molecule has 9 heteroatoms. The molecule has 0 aromatic heterocycles. The maximum atomic E-state index is 13.6. The lowest BCUT2D eigenvalue weighted by atomic mass is 10.3. The van der Waals surface area contributed by atoms with E-state index in [2.05, 4.69) is 0 Å². The molecular formula is C14H12F4N2O2S. The number of benzene rings is 2. The summed E-state index contributed by atoms with van der Waals surface area (Å²) in [6.45, 7) is 0. The molecule has 0 spiro atoms. The third-order valence-corrected chi connectivity index (χ3v) is 4.34. The number of hydrogen-bond donors (Lipinski definition) is 1. The van der Waals surface area contributed by atoms with E-state index in [0.29, 0.717) is 5.69 Å². The summed E-state index contributed by atoms with van der Waals surface area (Å²) in [4.78, 5) is 1.30. The van der Waals surface area contributed by atoms with Crippen molar-refractivity contribution >= 4 is 21.4 Å². The Hall–Kier alpha value is -2.29. The molecule has 0 heterocycles.